The molecular formula is C21H22N4O3S2. The van der Waals surface area contributed by atoms with Crippen molar-refractivity contribution in [2.24, 2.45) is 0 Å². The molecule has 30 heavy (non-hydrogen) atoms. The minimum atomic E-state index is -0.429. The fraction of sp³-hybridized carbons (Fsp3) is 0.286. The van der Waals surface area contributed by atoms with Crippen molar-refractivity contribution in [3.8, 4) is 11.3 Å². The third kappa shape index (κ3) is 5.43. The van der Waals surface area contributed by atoms with Gasteiger partial charge in [0.25, 0.3) is 0 Å². The first-order chi connectivity index (χ1) is 14.4. The molecule has 0 aliphatic rings. The predicted octanol–water partition coefficient (Wildman–Crippen LogP) is 4.43. The molecule has 3 rings (SSSR count). The monoisotopic (exact) mass is 442 g/mol. The van der Waals surface area contributed by atoms with Crippen molar-refractivity contribution in [2.45, 2.75) is 32.7 Å². The second kappa shape index (κ2) is 9.82. The number of carbonyl (C=O) groups excluding carboxylic acids is 2. The van der Waals surface area contributed by atoms with E-state index in [-0.39, 0.29) is 18.3 Å². The average Bonchev–Trinajstić information content (AvgIpc) is 3.07. The molecule has 1 amide bonds. The molecule has 2 aromatic heterocycles. The number of rotatable bonds is 7. The maximum atomic E-state index is 12.2. The SMILES string of the molecule is CCOC(=O)c1sc(NC(=O)CSc2ccc(-c3ccc(C)cc3C)nn2)nc1C. The summed E-state index contributed by atoms with van der Waals surface area (Å²) >= 11 is 2.39. The Morgan fingerprint density at radius 3 is 2.60 bits per heavy atom. The van der Waals surface area contributed by atoms with Gasteiger partial charge in [-0.05, 0) is 45.4 Å². The molecule has 9 heteroatoms. The minimum Gasteiger partial charge on any atom is -0.462 e. The number of benzene rings is 1. The van der Waals surface area contributed by atoms with Gasteiger partial charge in [-0.3, -0.25) is 4.79 Å². The number of thiazole rings is 1. The predicted molar refractivity (Wildman–Crippen MR) is 119 cm³/mol. The number of nitrogens with zero attached hydrogens (tertiary/aromatic N) is 3. The van der Waals surface area contributed by atoms with Crippen LogP contribution in [0.1, 0.15) is 33.4 Å². The van der Waals surface area contributed by atoms with Crippen LogP contribution in [0.2, 0.25) is 0 Å². The number of ether oxygens (including phenoxy) is 1. The van der Waals surface area contributed by atoms with E-state index in [4.69, 9.17) is 4.74 Å². The van der Waals surface area contributed by atoms with Crippen LogP contribution in [0.4, 0.5) is 5.13 Å². The molecule has 1 aromatic carbocycles. The minimum absolute atomic E-state index is 0.158. The standard InChI is InChI=1S/C21H22N4O3S2/c1-5-28-20(27)19-14(4)22-21(30-19)23-17(26)11-29-18-9-8-16(24-25-18)15-7-6-12(2)10-13(15)3/h6-10H,5,11H2,1-4H3,(H,22,23,26). The highest BCUT2D eigenvalue weighted by Crippen LogP contribution is 2.25. The van der Waals surface area contributed by atoms with E-state index in [1.165, 1.54) is 17.3 Å². The van der Waals surface area contributed by atoms with Crippen LogP contribution < -0.4 is 5.32 Å². The number of amides is 1. The van der Waals surface area contributed by atoms with Crippen LogP contribution in [0, 0.1) is 20.8 Å². The van der Waals surface area contributed by atoms with Gasteiger partial charge in [0.2, 0.25) is 5.91 Å². The van der Waals surface area contributed by atoms with Crippen LogP contribution in [-0.2, 0) is 9.53 Å². The van der Waals surface area contributed by atoms with Crippen molar-refractivity contribution in [3.05, 3.63) is 52.0 Å². The number of thioether (sulfide) groups is 1. The highest BCUT2D eigenvalue weighted by molar-refractivity contribution is 7.99. The van der Waals surface area contributed by atoms with Crippen LogP contribution in [0.25, 0.3) is 11.3 Å². The van der Waals surface area contributed by atoms with Crippen molar-refractivity contribution in [2.75, 3.05) is 17.7 Å². The van der Waals surface area contributed by atoms with Crippen molar-refractivity contribution < 1.29 is 14.3 Å². The second-order valence-electron chi connectivity index (χ2n) is 6.57. The smallest absolute Gasteiger partial charge is 0.350 e. The molecule has 0 aliphatic carbocycles. The topological polar surface area (TPSA) is 94.1 Å². The number of aromatic nitrogens is 3. The molecule has 0 fully saturated rings. The Balaban J connectivity index is 1.57. The molecule has 0 saturated carbocycles. The number of esters is 1. The van der Waals surface area contributed by atoms with Gasteiger partial charge < -0.3 is 10.1 Å². The molecule has 1 N–H and O–H groups in total. The first-order valence-corrected chi connectivity index (χ1v) is 11.2. The number of carbonyl (C=O) groups is 2. The highest BCUT2D eigenvalue weighted by Gasteiger charge is 2.17. The van der Waals surface area contributed by atoms with E-state index in [0.29, 0.717) is 20.7 Å². The summed E-state index contributed by atoms with van der Waals surface area (Å²) in [5.41, 5.74) is 4.72. The Bertz CT molecular complexity index is 1060. The van der Waals surface area contributed by atoms with Crippen LogP contribution in [0.3, 0.4) is 0 Å². The number of hydrogen-bond acceptors (Lipinski definition) is 8. The van der Waals surface area contributed by atoms with Crippen LogP contribution in [-0.4, -0.2) is 39.4 Å². The number of aryl methyl sites for hydroxylation is 3. The molecule has 0 radical (unpaired) electrons. The maximum Gasteiger partial charge on any atom is 0.350 e. The van der Waals surface area contributed by atoms with E-state index in [1.54, 1.807) is 13.8 Å². The molecule has 7 nitrogen and oxygen atoms in total. The molecule has 156 valence electrons. The Labute approximate surface area is 183 Å². The van der Waals surface area contributed by atoms with E-state index in [9.17, 15) is 9.59 Å². The van der Waals surface area contributed by atoms with Gasteiger partial charge in [0.15, 0.2) is 5.13 Å². The van der Waals surface area contributed by atoms with Gasteiger partial charge in [-0.1, -0.05) is 46.9 Å². The zero-order chi connectivity index (χ0) is 21.7. The average molecular weight is 443 g/mol. The van der Waals surface area contributed by atoms with Crippen molar-refractivity contribution in [1.29, 1.82) is 0 Å². The van der Waals surface area contributed by atoms with E-state index < -0.39 is 5.97 Å². The lowest BCUT2D eigenvalue weighted by molar-refractivity contribution is -0.113. The molecule has 0 spiro atoms. The quantitative estimate of drug-likeness (QED) is 0.427. The molecule has 2 heterocycles. The van der Waals surface area contributed by atoms with Gasteiger partial charge in [-0.15, -0.1) is 10.2 Å². The summed E-state index contributed by atoms with van der Waals surface area (Å²) in [6.07, 6.45) is 0. The van der Waals surface area contributed by atoms with Gasteiger partial charge in [-0.25, -0.2) is 9.78 Å². The second-order valence-corrected chi connectivity index (χ2v) is 8.56. The summed E-state index contributed by atoms with van der Waals surface area (Å²) in [4.78, 5) is 28.7. The number of hydrogen-bond donors (Lipinski definition) is 1. The third-order valence-corrected chi connectivity index (χ3v) is 6.13. The van der Waals surface area contributed by atoms with Crippen molar-refractivity contribution in [3.63, 3.8) is 0 Å². The summed E-state index contributed by atoms with van der Waals surface area (Å²) in [7, 11) is 0. The third-order valence-electron chi connectivity index (χ3n) is 4.15. The highest BCUT2D eigenvalue weighted by atomic mass is 32.2. The molecule has 0 unspecified atom stereocenters. The Kier molecular flexibility index (Phi) is 7.17. The fourth-order valence-corrected chi connectivity index (χ4v) is 4.26. The Morgan fingerprint density at radius 1 is 1.13 bits per heavy atom. The lowest BCUT2D eigenvalue weighted by Crippen LogP contribution is -2.14. The van der Waals surface area contributed by atoms with Gasteiger partial charge in [-0.2, -0.15) is 0 Å². The Morgan fingerprint density at radius 2 is 1.93 bits per heavy atom. The van der Waals surface area contributed by atoms with E-state index in [1.807, 2.05) is 31.2 Å². The first kappa shape index (κ1) is 21.9. The van der Waals surface area contributed by atoms with Crippen molar-refractivity contribution >= 4 is 40.1 Å². The van der Waals surface area contributed by atoms with E-state index >= 15 is 0 Å². The van der Waals surface area contributed by atoms with Gasteiger partial charge in [0.1, 0.15) is 9.90 Å². The van der Waals surface area contributed by atoms with E-state index in [2.05, 4.69) is 33.5 Å². The first-order valence-electron chi connectivity index (χ1n) is 9.36. The molecule has 0 saturated heterocycles. The Hall–Kier alpha value is -2.78. The van der Waals surface area contributed by atoms with E-state index in [0.717, 1.165) is 28.2 Å². The normalized spacial score (nSPS) is 10.7. The molecule has 0 atom stereocenters. The molecule has 0 aliphatic heterocycles. The maximum absolute atomic E-state index is 12.2. The number of nitrogens with one attached hydrogen (secondary N) is 1. The van der Waals surface area contributed by atoms with Crippen LogP contribution in [0.15, 0.2) is 35.4 Å². The lowest BCUT2D eigenvalue weighted by Gasteiger charge is -2.06. The van der Waals surface area contributed by atoms with Crippen LogP contribution >= 0.6 is 23.1 Å². The fourth-order valence-electron chi connectivity index (χ4n) is 2.77. The lowest BCUT2D eigenvalue weighted by atomic mass is 10.0. The van der Waals surface area contributed by atoms with Crippen LogP contribution in [0.5, 0.6) is 0 Å². The summed E-state index contributed by atoms with van der Waals surface area (Å²) < 4.78 is 4.99. The zero-order valence-corrected chi connectivity index (χ0v) is 18.8. The summed E-state index contributed by atoms with van der Waals surface area (Å²) in [5, 5.41) is 12.2. The molecule has 3 aromatic rings. The molecular weight excluding hydrogens is 420 g/mol. The van der Waals surface area contributed by atoms with Gasteiger partial charge in [0.05, 0.1) is 23.7 Å². The van der Waals surface area contributed by atoms with Gasteiger partial charge in [0, 0.05) is 5.56 Å². The summed E-state index contributed by atoms with van der Waals surface area (Å²) in [5.74, 6) is -0.503. The summed E-state index contributed by atoms with van der Waals surface area (Å²) in [6, 6.07) is 9.95. The largest absolute Gasteiger partial charge is 0.462 e. The summed E-state index contributed by atoms with van der Waals surface area (Å²) in [6.45, 7) is 7.84. The zero-order valence-electron chi connectivity index (χ0n) is 17.2. The van der Waals surface area contributed by atoms with Crippen molar-refractivity contribution in [1.82, 2.24) is 15.2 Å². The number of anilines is 1. The van der Waals surface area contributed by atoms with Gasteiger partial charge >= 0.3 is 5.97 Å². The molecule has 0 bridgehead atoms.